The standard InChI is InChI=1S/C14H24N2OS/c1-8(10(15)18)11(17)16-12-13(2,3)9-5-6-14(12,4)7-9/h8-9,12H,5-7H2,1-4H3,(H2,15,18)(H,16,17). The van der Waals surface area contributed by atoms with Crippen LogP contribution in [0.3, 0.4) is 0 Å². The number of hydrogen-bond acceptors (Lipinski definition) is 2. The molecule has 18 heavy (non-hydrogen) atoms. The van der Waals surface area contributed by atoms with Gasteiger partial charge >= 0.3 is 0 Å². The van der Waals surface area contributed by atoms with Crippen LogP contribution in [0.4, 0.5) is 0 Å². The van der Waals surface area contributed by atoms with Crippen molar-refractivity contribution >= 4 is 23.1 Å². The molecule has 0 heterocycles. The second kappa shape index (κ2) is 4.19. The average molecular weight is 268 g/mol. The predicted molar refractivity (Wildman–Crippen MR) is 77.1 cm³/mol. The highest BCUT2D eigenvalue weighted by Crippen LogP contribution is 2.62. The van der Waals surface area contributed by atoms with Gasteiger partial charge in [0.2, 0.25) is 5.91 Å². The molecule has 0 radical (unpaired) electrons. The molecule has 3 nitrogen and oxygen atoms in total. The highest BCUT2D eigenvalue weighted by atomic mass is 32.1. The van der Waals surface area contributed by atoms with Crippen LogP contribution in [-0.4, -0.2) is 16.9 Å². The van der Waals surface area contributed by atoms with Gasteiger partial charge in [0, 0.05) is 6.04 Å². The smallest absolute Gasteiger partial charge is 0.229 e. The maximum absolute atomic E-state index is 12.2. The molecule has 2 rings (SSSR count). The lowest BCUT2D eigenvalue weighted by molar-refractivity contribution is -0.125. The molecule has 2 saturated carbocycles. The third-order valence-corrected chi connectivity index (χ3v) is 5.73. The van der Waals surface area contributed by atoms with Crippen molar-refractivity contribution in [3.63, 3.8) is 0 Å². The quantitative estimate of drug-likeness (QED) is 0.772. The Morgan fingerprint density at radius 3 is 2.50 bits per heavy atom. The number of fused-ring (bicyclic) bond motifs is 2. The van der Waals surface area contributed by atoms with E-state index in [0.717, 1.165) is 5.92 Å². The number of hydrogen-bond donors (Lipinski definition) is 2. The molecule has 2 fully saturated rings. The summed E-state index contributed by atoms with van der Waals surface area (Å²) in [6.45, 7) is 8.63. The summed E-state index contributed by atoms with van der Waals surface area (Å²) in [6.07, 6.45) is 3.74. The first-order chi connectivity index (χ1) is 8.18. The molecule has 4 unspecified atom stereocenters. The molecular formula is C14H24N2OS. The van der Waals surface area contributed by atoms with Gasteiger partial charge in [0.15, 0.2) is 0 Å². The number of carbonyl (C=O) groups is 1. The summed E-state index contributed by atoms with van der Waals surface area (Å²) in [5.74, 6) is 0.334. The Balaban J connectivity index is 2.14. The average Bonchev–Trinajstić information content (AvgIpc) is 2.74. The summed E-state index contributed by atoms with van der Waals surface area (Å²) in [5, 5.41) is 3.22. The first-order valence-corrected chi connectivity index (χ1v) is 7.19. The van der Waals surface area contributed by atoms with E-state index in [2.05, 4.69) is 26.1 Å². The first kappa shape index (κ1) is 13.8. The lowest BCUT2D eigenvalue weighted by Gasteiger charge is -2.43. The van der Waals surface area contributed by atoms with Crippen LogP contribution in [0.1, 0.15) is 47.0 Å². The molecule has 0 aromatic carbocycles. The largest absolute Gasteiger partial charge is 0.393 e. The molecule has 102 valence electrons. The van der Waals surface area contributed by atoms with Gasteiger partial charge in [-0.25, -0.2) is 0 Å². The Morgan fingerprint density at radius 1 is 1.44 bits per heavy atom. The summed E-state index contributed by atoms with van der Waals surface area (Å²) in [6, 6.07) is 0.244. The first-order valence-electron chi connectivity index (χ1n) is 6.78. The predicted octanol–water partition coefficient (Wildman–Crippen LogP) is 2.24. The van der Waals surface area contributed by atoms with E-state index in [4.69, 9.17) is 18.0 Å². The Hall–Kier alpha value is -0.640. The third-order valence-electron chi connectivity index (χ3n) is 5.38. The molecule has 0 saturated heterocycles. The van der Waals surface area contributed by atoms with Crippen LogP contribution >= 0.6 is 12.2 Å². The lowest BCUT2D eigenvalue weighted by Crippen LogP contribution is -2.54. The highest BCUT2D eigenvalue weighted by Gasteiger charge is 2.59. The maximum Gasteiger partial charge on any atom is 0.229 e. The van der Waals surface area contributed by atoms with E-state index in [1.165, 1.54) is 19.3 Å². The third kappa shape index (κ3) is 1.94. The van der Waals surface area contributed by atoms with Crippen LogP contribution in [0.2, 0.25) is 0 Å². The fraction of sp³-hybridized carbons (Fsp3) is 0.857. The van der Waals surface area contributed by atoms with Crippen LogP contribution in [0.15, 0.2) is 0 Å². The minimum atomic E-state index is -0.376. The van der Waals surface area contributed by atoms with Gasteiger partial charge in [-0.2, -0.15) is 0 Å². The fourth-order valence-corrected chi connectivity index (χ4v) is 4.17. The van der Waals surface area contributed by atoms with Gasteiger partial charge < -0.3 is 11.1 Å². The van der Waals surface area contributed by atoms with Crippen LogP contribution in [0, 0.1) is 22.7 Å². The van der Waals surface area contributed by atoms with Crippen molar-refractivity contribution in [2.24, 2.45) is 28.4 Å². The SMILES string of the molecule is CC(C(=O)NC1C2(C)CCC(C2)C1(C)C)C(N)=S. The van der Waals surface area contributed by atoms with Crippen molar-refractivity contribution in [1.82, 2.24) is 5.32 Å². The molecule has 2 bridgehead atoms. The molecule has 0 aliphatic heterocycles. The molecule has 4 heteroatoms. The van der Waals surface area contributed by atoms with Crippen LogP contribution in [0.25, 0.3) is 0 Å². The van der Waals surface area contributed by atoms with Gasteiger partial charge in [-0.3, -0.25) is 4.79 Å². The molecule has 2 aliphatic carbocycles. The number of nitrogens with two attached hydrogens (primary N) is 1. The Morgan fingerprint density at radius 2 is 2.06 bits per heavy atom. The number of thiocarbonyl (C=S) groups is 1. The van der Waals surface area contributed by atoms with Gasteiger partial charge in [-0.1, -0.05) is 33.0 Å². The summed E-state index contributed by atoms with van der Waals surface area (Å²) in [4.78, 5) is 12.4. The second-order valence-corrected chi connectivity index (χ2v) is 7.45. The molecule has 4 atom stereocenters. The van der Waals surface area contributed by atoms with E-state index < -0.39 is 0 Å². The summed E-state index contributed by atoms with van der Waals surface area (Å²) < 4.78 is 0. The second-order valence-electron chi connectivity index (χ2n) is 6.98. The van der Waals surface area contributed by atoms with Crippen molar-refractivity contribution < 1.29 is 4.79 Å². The molecule has 0 aromatic heterocycles. The molecule has 0 spiro atoms. The normalized spacial score (nSPS) is 38.4. The van der Waals surface area contributed by atoms with Crippen molar-refractivity contribution in [3.8, 4) is 0 Å². The Bertz CT molecular complexity index is 389. The number of carbonyl (C=O) groups excluding carboxylic acids is 1. The van der Waals surface area contributed by atoms with E-state index in [9.17, 15) is 4.79 Å². The van der Waals surface area contributed by atoms with Gasteiger partial charge in [0.05, 0.1) is 10.9 Å². The lowest BCUT2D eigenvalue weighted by atomic mass is 9.68. The highest BCUT2D eigenvalue weighted by molar-refractivity contribution is 7.80. The van der Waals surface area contributed by atoms with E-state index in [0.29, 0.717) is 0 Å². The van der Waals surface area contributed by atoms with Gasteiger partial charge in [-0.15, -0.1) is 0 Å². The zero-order valence-electron chi connectivity index (χ0n) is 11.7. The number of rotatable bonds is 3. The van der Waals surface area contributed by atoms with E-state index in [1.807, 2.05) is 0 Å². The van der Waals surface area contributed by atoms with E-state index in [-0.39, 0.29) is 33.7 Å². The van der Waals surface area contributed by atoms with Gasteiger partial charge in [-0.05, 0) is 42.9 Å². The minimum absolute atomic E-state index is 0.0191. The van der Waals surface area contributed by atoms with Crippen molar-refractivity contribution in [2.75, 3.05) is 0 Å². The number of amides is 1. The van der Waals surface area contributed by atoms with Crippen LogP contribution in [-0.2, 0) is 4.79 Å². The summed E-state index contributed by atoms with van der Waals surface area (Å²) in [7, 11) is 0. The van der Waals surface area contributed by atoms with E-state index in [1.54, 1.807) is 6.92 Å². The van der Waals surface area contributed by atoms with Crippen molar-refractivity contribution in [1.29, 1.82) is 0 Å². The number of nitrogens with one attached hydrogen (secondary N) is 1. The van der Waals surface area contributed by atoms with Crippen LogP contribution in [0.5, 0.6) is 0 Å². The van der Waals surface area contributed by atoms with Crippen molar-refractivity contribution in [3.05, 3.63) is 0 Å². The molecule has 1 amide bonds. The molecule has 3 N–H and O–H groups in total. The van der Waals surface area contributed by atoms with Crippen LogP contribution < -0.4 is 11.1 Å². The van der Waals surface area contributed by atoms with Gasteiger partial charge in [0.25, 0.3) is 0 Å². The monoisotopic (exact) mass is 268 g/mol. The topological polar surface area (TPSA) is 55.1 Å². The van der Waals surface area contributed by atoms with Gasteiger partial charge in [0.1, 0.15) is 0 Å². The fourth-order valence-electron chi connectivity index (χ4n) is 4.06. The Kier molecular flexibility index (Phi) is 3.21. The minimum Gasteiger partial charge on any atom is -0.393 e. The summed E-state index contributed by atoms with van der Waals surface area (Å²) >= 11 is 4.90. The molecule has 2 aliphatic rings. The van der Waals surface area contributed by atoms with E-state index >= 15 is 0 Å². The Labute approximate surface area is 115 Å². The molecular weight excluding hydrogens is 244 g/mol. The molecule has 0 aromatic rings. The van der Waals surface area contributed by atoms with Crippen molar-refractivity contribution in [2.45, 2.75) is 53.0 Å². The summed E-state index contributed by atoms with van der Waals surface area (Å²) in [5.41, 5.74) is 5.99. The zero-order valence-corrected chi connectivity index (χ0v) is 12.6. The zero-order chi connectivity index (χ0) is 13.7. The maximum atomic E-state index is 12.2.